The molecule has 1 amide bonds. The van der Waals surface area contributed by atoms with Crippen LogP contribution in [0.5, 0.6) is 0 Å². The van der Waals surface area contributed by atoms with Gasteiger partial charge in [-0.1, -0.05) is 35.5 Å². The monoisotopic (exact) mass is 403 g/mol. The van der Waals surface area contributed by atoms with Gasteiger partial charge in [-0.25, -0.2) is 9.78 Å². The van der Waals surface area contributed by atoms with Crippen molar-refractivity contribution >= 4 is 46.3 Å². The average molecular weight is 404 g/mol. The maximum absolute atomic E-state index is 12.3. The van der Waals surface area contributed by atoms with Crippen molar-refractivity contribution in [2.75, 3.05) is 7.11 Å². The Morgan fingerprint density at radius 1 is 1.26 bits per heavy atom. The van der Waals surface area contributed by atoms with E-state index in [-0.39, 0.29) is 17.1 Å². The molecule has 3 aromatic rings. The number of carbonyl (C=O) groups is 2. The second-order valence-electron chi connectivity index (χ2n) is 5.87. The molecule has 27 heavy (non-hydrogen) atoms. The number of nitrogens with zero attached hydrogens (tertiary/aromatic N) is 1. The number of thioether (sulfide) groups is 1. The molecule has 6 nitrogen and oxygen atoms in total. The van der Waals surface area contributed by atoms with Crippen LogP contribution in [-0.4, -0.2) is 34.2 Å². The van der Waals surface area contributed by atoms with E-state index in [0.717, 1.165) is 16.6 Å². The Bertz CT molecular complexity index is 972. The lowest BCUT2D eigenvalue weighted by Crippen LogP contribution is -2.30. The molecule has 0 aliphatic rings. The molecule has 0 saturated carbocycles. The summed E-state index contributed by atoms with van der Waals surface area (Å²) < 4.78 is 4.66. The Morgan fingerprint density at radius 2 is 2.00 bits per heavy atom. The highest BCUT2D eigenvalue weighted by Gasteiger charge is 2.16. The van der Waals surface area contributed by atoms with Gasteiger partial charge in [0.2, 0.25) is 5.91 Å². The SMILES string of the molecule is COC(=O)c1ccc(CNC(=O)C(C)Sc2nc3ccc(Cl)cc3[nH]2)cc1. The molecular formula is C19H18ClN3O3S. The molecule has 140 valence electrons. The summed E-state index contributed by atoms with van der Waals surface area (Å²) in [5.41, 5.74) is 3.01. The minimum Gasteiger partial charge on any atom is -0.465 e. The van der Waals surface area contributed by atoms with Gasteiger partial charge < -0.3 is 15.0 Å². The van der Waals surface area contributed by atoms with Crippen molar-refractivity contribution in [2.24, 2.45) is 0 Å². The Morgan fingerprint density at radius 3 is 2.70 bits per heavy atom. The quantitative estimate of drug-likeness (QED) is 0.483. The van der Waals surface area contributed by atoms with Crippen LogP contribution in [0.25, 0.3) is 11.0 Å². The smallest absolute Gasteiger partial charge is 0.337 e. The molecule has 2 N–H and O–H groups in total. The standard InChI is InChI=1S/C19H18ClN3O3S/c1-11(27-19-22-15-8-7-14(20)9-16(15)23-19)17(24)21-10-12-3-5-13(6-4-12)18(25)26-2/h3-9,11H,10H2,1-2H3,(H,21,24)(H,22,23). The third-order valence-electron chi connectivity index (χ3n) is 3.92. The highest BCUT2D eigenvalue weighted by Crippen LogP contribution is 2.25. The molecule has 0 bridgehead atoms. The maximum atomic E-state index is 12.3. The van der Waals surface area contributed by atoms with Crippen molar-refractivity contribution in [1.82, 2.24) is 15.3 Å². The molecule has 1 unspecified atom stereocenters. The number of aromatic nitrogens is 2. The number of H-pyrrole nitrogens is 1. The normalized spacial score (nSPS) is 12.0. The average Bonchev–Trinajstić information content (AvgIpc) is 3.07. The van der Waals surface area contributed by atoms with E-state index in [0.29, 0.717) is 22.3 Å². The third-order valence-corrected chi connectivity index (χ3v) is 5.14. The van der Waals surface area contributed by atoms with Crippen LogP contribution in [0, 0.1) is 0 Å². The molecular weight excluding hydrogens is 386 g/mol. The van der Waals surface area contributed by atoms with Gasteiger partial charge in [0.05, 0.1) is 29.0 Å². The number of imidazole rings is 1. The Kier molecular flexibility index (Phi) is 6.03. The molecule has 0 spiro atoms. The number of carbonyl (C=O) groups excluding carboxylic acids is 2. The van der Waals surface area contributed by atoms with E-state index < -0.39 is 0 Å². The van der Waals surface area contributed by atoms with Crippen LogP contribution < -0.4 is 5.32 Å². The lowest BCUT2D eigenvalue weighted by molar-refractivity contribution is -0.120. The number of methoxy groups -OCH3 is 1. The summed E-state index contributed by atoms with van der Waals surface area (Å²) in [5.74, 6) is -0.488. The van der Waals surface area contributed by atoms with Crippen LogP contribution >= 0.6 is 23.4 Å². The summed E-state index contributed by atoms with van der Waals surface area (Å²) in [4.78, 5) is 31.4. The molecule has 0 saturated heterocycles. The maximum Gasteiger partial charge on any atom is 0.337 e. The Hall–Kier alpha value is -2.51. The highest BCUT2D eigenvalue weighted by atomic mass is 35.5. The van der Waals surface area contributed by atoms with E-state index in [2.05, 4.69) is 20.0 Å². The minimum atomic E-state index is -0.386. The summed E-state index contributed by atoms with van der Waals surface area (Å²) in [5, 5.41) is 3.86. The van der Waals surface area contributed by atoms with Crippen LogP contribution in [0.1, 0.15) is 22.8 Å². The number of nitrogens with one attached hydrogen (secondary N) is 2. The van der Waals surface area contributed by atoms with E-state index >= 15 is 0 Å². The number of esters is 1. The summed E-state index contributed by atoms with van der Waals surface area (Å²) >= 11 is 7.32. The first-order chi connectivity index (χ1) is 13.0. The summed E-state index contributed by atoms with van der Waals surface area (Å²) in [6.07, 6.45) is 0. The lowest BCUT2D eigenvalue weighted by Gasteiger charge is -2.11. The van der Waals surface area contributed by atoms with Gasteiger partial charge in [-0.05, 0) is 42.8 Å². The molecule has 0 fully saturated rings. The van der Waals surface area contributed by atoms with Gasteiger partial charge in [0.15, 0.2) is 5.16 Å². The van der Waals surface area contributed by atoms with E-state index in [9.17, 15) is 9.59 Å². The second kappa shape index (κ2) is 8.45. The molecule has 1 atom stereocenters. The van der Waals surface area contributed by atoms with Crippen LogP contribution in [0.4, 0.5) is 0 Å². The highest BCUT2D eigenvalue weighted by molar-refractivity contribution is 8.00. The van der Waals surface area contributed by atoms with Gasteiger partial charge in [0, 0.05) is 11.6 Å². The number of benzene rings is 2. The number of hydrogen-bond acceptors (Lipinski definition) is 5. The Labute approximate surface area is 165 Å². The fourth-order valence-electron chi connectivity index (χ4n) is 2.44. The van der Waals surface area contributed by atoms with E-state index in [4.69, 9.17) is 11.6 Å². The first-order valence-corrected chi connectivity index (χ1v) is 9.49. The molecule has 0 aliphatic carbocycles. The van der Waals surface area contributed by atoms with Crippen molar-refractivity contribution < 1.29 is 14.3 Å². The summed E-state index contributed by atoms with van der Waals surface area (Å²) in [6, 6.07) is 12.3. The number of amides is 1. The molecule has 2 aromatic carbocycles. The van der Waals surface area contributed by atoms with Crippen molar-refractivity contribution in [3.8, 4) is 0 Å². The topological polar surface area (TPSA) is 84.1 Å². The van der Waals surface area contributed by atoms with Crippen LogP contribution in [0.3, 0.4) is 0 Å². The summed E-state index contributed by atoms with van der Waals surface area (Å²) in [7, 11) is 1.34. The van der Waals surface area contributed by atoms with E-state index in [1.54, 1.807) is 36.4 Å². The number of aromatic amines is 1. The number of halogens is 1. The first-order valence-electron chi connectivity index (χ1n) is 8.23. The largest absolute Gasteiger partial charge is 0.465 e. The fourth-order valence-corrected chi connectivity index (χ4v) is 3.46. The van der Waals surface area contributed by atoms with Gasteiger partial charge in [-0.3, -0.25) is 4.79 Å². The molecule has 3 rings (SSSR count). The number of ether oxygens (including phenoxy) is 1. The zero-order valence-electron chi connectivity index (χ0n) is 14.8. The minimum absolute atomic E-state index is 0.101. The van der Waals surface area contributed by atoms with Gasteiger partial charge in [-0.15, -0.1) is 0 Å². The predicted molar refractivity (Wildman–Crippen MR) is 106 cm³/mol. The summed E-state index contributed by atoms with van der Waals surface area (Å²) in [6.45, 7) is 2.20. The predicted octanol–water partition coefficient (Wildman–Crippen LogP) is 3.80. The molecule has 1 aromatic heterocycles. The van der Waals surface area contributed by atoms with Crippen molar-refractivity contribution in [1.29, 1.82) is 0 Å². The molecule has 1 heterocycles. The van der Waals surface area contributed by atoms with E-state index in [1.165, 1.54) is 18.9 Å². The van der Waals surface area contributed by atoms with Crippen molar-refractivity contribution in [3.63, 3.8) is 0 Å². The van der Waals surface area contributed by atoms with Crippen LogP contribution in [0.2, 0.25) is 5.02 Å². The van der Waals surface area contributed by atoms with Crippen molar-refractivity contribution in [3.05, 3.63) is 58.6 Å². The number of rotatable bonds is 6. The molecule has 0 aliphatic heterocycles. The van der Waals surface area contributed by atoms with Gasteiger partial charge >= 0.3 is 5.97 Å². The first kappa shape index (κ1) is 19.3. The zero-order chi connectivity index (χ0) is 19.4. The molecule has 8 heteroatoms. The molecule has 0 radical (unpaired) electrons. The fraction of sp³-hybridized carbons (Fsp3) is 0.211. The van der Waals surface area contributed by atoms with Gasteiger partial charge in [0.25, 0.3) is 0 Å². The third kappa shape index (κ3) is 4.81. The van der Waals surface area contributed by atoms with E-state index in [1.807, 2.05) is 13.0 Å². The number of hydrogen-bond donors (Lipinski definition) is 2. The number of fused-ring (bicyclic) bond motifs is 1. The lowest BCUT2D eigenvalue weighted by atomic mass is 10.1. The second-order valence-corrected chi connectivity index (χ2v) is 7.64. The zero-order valence-corrected chi connectivity index (χ0v) is 16.4. The van der Waals surface area contributed by atoms with Crippen molar-refractivity contribution in [2.45, 2.75) is 23.9 Å². The van der Waals surface area contributed by atoms with Crippen LogP contribution in [0.15, 0.2) is 47.6 Å². The van der Waals surface area contributed by atoms with Gasteiger partial charge in [-0.2, -0.15) is 0 Å². The Balaban J connectivity index is 1.56. The van der Waals surface area contributed by atoms with Gasteiger partial charge in [0.1, 0.15) is 0 Å². The van der Waals surface area contributed by atoms with Crippen LogP contribution in [-0.2, 0) is 16.1 Å².